The molecule has 0 bridgehead atoms. The van der Waals surface area contributed by atoms with Gasteiger partial charge in [0.1, 0.15) is 0 Å². The van der Waals surface area contributed by atoms with Crippen LogP contribution in [-0.2, 0) is 0 Å². The lowest BCUT2D eigenvalue weighted by atomic mass is 10.0. The maximum atomic E-state index is 12.0. The van der Waals surface area contributed by atoms with Crippen molar-refractivity contribution in [2.24, 2.45) is 0 Å². The maximum Gasteiger partial charge on any atom is 0.253 e. The van der Waals surface area contributed by atoms with Gasteiger partial charge >= 0.3 is 0 Å². The third kappa shape index (κ3) is 2.70. The van der Waals surface area contributed by atoms with Gasteiger partial charge in [0.25, 0.3) is 5.91 Å². The molecule has 0 atom stereocenters. The highest BCUT2D eigenvalue weighted by Gasteiger charge is 2.32. The Morgan fingerprint density at radius 2 is 2.06 bits per heavy atom. The van der Waals surface area contributed by atoms with Gasteiger partial charge in [0.15, 0.2) is 0 Å². The van der Waals surface area contributed by atoms with Crippen LogP contribution in [0.25, 0.3) is 0 Å². The number of carbonyl (C=O) groups excluding carboxylic acids is 1. The van der Waals surface area contributed by atoms with E-state index in [1.807, 2.05) is 6.07 Å². The molecule has 18 heavy (non-hydrogen) atoms. The first-order valence-corrected chi connectivity index (χ1v) is 6.78. The number of hydrogen-bond acceptors (Lipinski definition) is 3. The largest absolute Gasteiger partial charge is 0.349 e. The highest BCUT2D eigenvalue weighted by molar-refractivity contribution is 5.93. The molecule has 1 saturated heterocycles. The molecule has 1 N–H and O–H groups in total. The van der Waals surface area contributed by atoms with Crippen molar-refractivity contribution in [1.82, 2.24) is 15.2 Å². The lowest BCUT2D eigenvalue weighted by Gasteiger charge is -2.32. The molecular weight excluding hydrogens is 226 g/mol. The Labute approximate surface area is 107 Å². The van der Waals surface area contributed by atoms with Crippen molar-refractivity contribution < 1.29 is 4.79 Å². The number of nitrogens with one attached hydrogen (secondary N) is 1. The number of nitrogens with zero attached hydrogens (tertiary/aromatic N) is 2. The first kappa shape index (κ1) is 11.7. The van der Waals surface area contributed by atoms with Crippen LogP contribution >= 0.6 is 0 Å². The maximum absolute atomic E-state index is 12.0. The Morgan fingerprint density at radius 3 is 2.67 bits per heavy atom. The Morgan fingerprint density at radius 1 is 1.28 bits per heavy atom. The zero-order valence-electron chi connectivity index (χ0n) is 10.5. The average molecular weight is 245 g/mol. The number of likely N-dealkylation sites (tertiary alicyclic amines) is 1. The highest BCUT2D eigenvalue weighted by Crippen LogP contribution is 2.29. The Hall–Kier alpha value is -1.42. The van der Waals surface area contributed by atoms with Crippen molar-refractivity contribution in [3.63, 3.8) is 0 Å². The van der Waals surface area contributed by atoms with Crippen molar-refractivity contribution in [2.45, 2.75) is 37.8 Å². The number of pyridine rings is 1. The Bertz CT molecular complexity index is 408. The van der Waals surface area contributed by atoms with E-state index in [-0.39, 0.29) is 5.91 Å². The third-order valence-corrected chi connectivity index (χ3v) is 3.85. The molecule has 0 aromatic carbocycles. The van der Waals surface area contributed by atoms with Gasteiger partial charge in [-0.3, -0.25) is 9.78 Å². The lowest BCUT2D eigenvalue weighted by Crippen LogP contribution is -2.45. The second-order valence-corrected chi connectivity index (χ2v) is 5.26. The fourth-order valence-electron chi connectivity index (χ4n) is 2.61. The molecule has 1 aromatic rings. The van der Waals surface area contributed by atoms with Gasteiger partial charge in [-0.05, 0) is 37.8 Å². The summed E-state index contributed by atoms with van der Waals surface area (Å²) in [6, 6.07) is 4.78. The average Bonchev–Trinajstić information content (AvgIpc) is 3.25. The van der Waals surface area contributed by atoms with Gasteiger partial charge in [0, 0.05) is 37.6 Å². The predicted octanol–water partition coefficient (Wildman–Crippen LogP) is 1.44. The van der Waals surface area contributed by atoms with Gasteiger partial charge < -0.3 is 10.2 Å². The number of amides is 1. The molecule has 1 amide bonds. The van der Waals surface area contributed by atoms with E-state index in [1.165, 1.54) is 12.8 Å². The van der Waals surface area contributed by atoms with Crippen LogP contribution in [0.15, 0.2) is 24.5 Å². The number of carbonyl (C=O) groups is 1. The van der Waals surface area contributed by atoms with Crippen LogP contribution in [0, 0.1) is 0 Å². The molecule has 2 heterocycles. The van der Waals surface area contributed by atoms with E-state index >= 15 is 0 Å². The summed E-state index contributed by atoms with van der Waals surface area (Å²) in [7, 11) is 0. The number of rotatable bonds is 3. The molecule has 4 heteroatoms. The summed E-state index contributed by atoms with van der Waals surface area (Å²) in [5, 5.41) is 3.11. The monoisotopic (exact) mass is 245 g/mol. The molecule has 4 nitrogen and oxygen atoms in total. The summed E-state index contributed by atoms with van der Waals surface area (Å²) < 4.78 is 0. The SMILES string of the molecule is O=C(NC1CCN(C2CC2)CC1)c1cccnc1. The number of piperidine rings is 1. The first-order chi connectivity index (χ1) is 8.83. The molecule has 2 aliphatic rings. The van der Waals surface area contributed by atoms with Crippen molar-refractivity contribution >= 4 is 5.91 Å². The van der Waals surface area contributed by atoms with Gasteiger partial charge in [-0.2, -0.15) is 0 Å². The summed E-state index contributed by atoms with van der Waals surface area (Å²) in [4.78, 5) is 18.5. The quantitative estimate of drug-likeness (QED) is 0.876. The fourth-order valence-corrected chi connectivity index (χ4v) is 2.61. The van der Waals surface area contributed by atoms with E-state index in [4.69, 9.17) is 0 Å². The van der Waals surface area contributed by atoms with Crippen molar-refractivity contribution in [3.05, 3.63) is 30.1 Å². The minimum atomic E-state index is 0.00738. The van der Waals surface area contributed by atoms with Crippen LogP contribution < -0.4 is 5.32 Å². The minimum absolute atomic E-state index is 0.00738. The minimum Gasteiger partial charge on any atom is -0.349 e. The summed E-state index contributed by atoms with van der Waals surface area (Å²) in [5.41, 5.74) is 0.655. The van der Waals surface area contributed by atoms with Crippen LogP contribution in [-0.4, -0.2) is 41.0 Å². The Balaban J connectivity index is 1.50. The fraction of sp³-hybridized carbons (Fsp3) is 0.571. The zero-order valence-corrected chi connectivity index (χ0v) is 10.5. The van der Waals surface area contributed by atoms with Crippen molar-refractivity contribution in [2.75, 3.05) is 13.1 Å². The normalized spacial score (nSPS) is 21.8. The van der Waals surface area contributed by atoms with E-state index in [0.29, 0.717) is 11.6 Å². The summed E-state index contributed by atoms with van der Waals surface area (Å²) in [5.74, 6) is 0.00738. The standard InChI is InChI=1S/C14H19N3O/c18-14(11-2-1-7-15-10-11)16-12-5-8-17(9-6-12)13-3-4-13/h1-2,7,10,12-13H,3-6,8-9H2,(H,16,18). The Kier molecular flexibility index (Phi) is 3.28. The predicted molar refractivity (Wildman–Crippen MR) is 69.3 cm³/mol. The van der Waals surface area contributed by atoms with Gasteiger partial charge in [-0.25, -0.2) is 0 Å². The van der Waals surface area contributed by atoms with Gasteiger partial charge in [-0.15, -0.1) is 0 Å². The number of hydrogen-bond donors (Lipinski definition) is 1. The molecular formula is C14H19N3O. The molecule has 0 radical (unpaired) electrons. The molecule has 96 valence electrons. The van der Waals surface area contributed by atoms with Crippen LogP contribution in [0.3, 0.4) is 0 Å². The molecule has 3 rings (SSSR count). The van der Waals surface area contributed by atoms with Crippen molar-refractivity contribution in [3.8, 4) is 0 Å². The van der Waals surface area contributed by atoms with Crippen LogP contribution in [0.5, 0.6) is 0 Å². The molecule has 1 saturated carbocycles. The molecule has 1 aliphatic heterocycles. The van der Waals surface area contributed by atoms with Gasteiger partial charge in [0.2, 0.25) is 0 Å². The van der Waals surface area contributed by atoms with E-state index in [1.54, 1.807) is 18.5 Å². The van der Waals surface area contributed by atoms with Crippen LogP contribution in [0.2, 0.25) is 0 Å². The van der Waals surface area contributed by atoms with Gasteiger partial charge in [0.05, 0.1) is 5.56 Å². The summed E-state index contributed by atoms with van der Waals surface area (Å²) >= 11 is 0. The molecule has 0 unspecified atom stereocenters. The zero-order chi connectivity index (χ0) is 12.4. The third-order valence-electron chi connectivity index (χ3n) is 3.85. The molecule has 0 spiro atoms. The lowest BCUT2D eigenvalue weighted by molar-refractivity contribution is 0.0909. The van der Waals surface area contributed by atoms with E-state index in [2.05, 4.69) is 15.2 Å². The molecule has 2 fully saturated rings. The molecule has 1 aliphatic carbocycles. The van der Waals surface area contributed by atoms with Crippen LogP contribution in [0.1, 0.15) is 36.0 Å². The topological polar surface area (TPSA) is 45.2 Å². The first-order valence-electron chi connectivity index (χ1n) is 6.78. The van der Waals surface area contributed by atoms with E-state index in [9.17, 15) is 4.79 Å². The second-order valence-electron chi connectivity index (χ2n) is 5.26. The smallest absolute Gasteiger partial charge is 0.253 e. The second kappa shape index (κ2) is 5.06. The number of aromatic nitrogens is 1. The highest BCUT2D eigenvalue weighted by atomic mass is 16.1. The molecule has 1 aromatic heterocycles. The van der Waals surface area contributed by atoms with Crippen LogP contribution in [0.4, 0.5) is 0 Å². The van der Waals surface area contributed by atoms with Gasteiger partial charge in [-0.1, -0.05) is 0 Å². The van der Waals surface area contributed by atoms with E-state index in [0.717, 1.165) is 32.0 Å². The van der Waals surface area contributed by atoms with Crippen molar-refractivity contribution in [1.29, 1.82) is 0 Å². The van der Waals surface area contributed by atoms with E-state index < -0.39 is 0 Å². The summed E-state index contributed by atoms with van der Waals surface area (Å²) in [6.07, 6.45) is 8.18. The summed E-state index contributed by atoms with van der Waals surface area (Å²) in [6.45, 7) is 2.26.